The third-order valence-corrected chi connectivity index (χ3v) is 6.12. The number of piperidine rings is 1. The SMILES string of the molecule is CC(=O)c1cnn(C2CCN(C(=O)CCCCCCCCCCC(C)C)CC2)c1. The van der Waals surface area contributed by atoms with E-state index in [0.29, 0.717) is 23.9 Å². The zero-order chi connectivity index (χ0) is 21.1. The number of rotatable bonds is 13. The summed E-state index contributed by atoms with van der Waals surface area (Å²) in [4.78, 5) is 25.9. The molecule has 0 aromatic carbocycles. The lowest BCUT2D eigenvalue weighted by Crippen LogP contribution is -2.39. The minimum atomic E-state index is 0.0509. The summed E-state index contributed by atoms with van der Waals surface area (Å²) >= 11 is 0. The first-order valence-corrected chi connectivity index (χ1v) is 11.8. The van der Waals surface area contributed by atoms with Crippen LogP contribution < -0.4 is 0 Å². The molecule has 1 saturated heterocycles. The van der Waals surface area contributed by atoms with Crippen molar-refractivity contribution in [3.63, 3.8) is 0 Å². The molecule has 1 fully saturated rings. The number of aromatic nitrogens is 2. The third kappa shape index (κ3) is 8.71. The molecule has 1 aromatic rings. The topological polar surface area (TPSA) is 55.2 Å². The molecule has 0 saturated carbocycles. The highest BCUT2D eigenvalue weighted by Gasteiger charge is 2.24. The molecule has 1 aliphatic rings. The molecule has 0 bridgehead atoms. The van der Waals surface area contributed by atoms with Gasteiger partial charge in [0.2, 0.25) is 5.91 Å². The van der Waals surface area contributed by atoms with Gasteiger partial charge in [-0.15, -0.1) is 0 Å². The molecule has 2 rings (SSSR count). The molecule has 2 heterocycles. The van der Waals surface area contributed by atoms with Crippen LogP contribution >= 0.6 is 0 Å². The number of nitrogens with zero attached hydrogens (tertiary/aromatic N) is 3. The predicted octanol–water partition coefficient (Wildman–Crippen LogP) is 5.81. The van der Waals surface area contributed by atoms with Crippen LogP contribution in [0, 0.1) is 5.92 Å². The van der Waals surface area contributed by atoms with Gasteiger partial charge in [-0.1, -0.05) is 65.2 Å². The van der Waals surface area contributed by atoms with Gasteiger partial charge in [0.25, 0.3) is 0 Å². The maximum Gasteiger partial charge on any atom is 0.222 e. The highest BCUT2D eigenvalue weighted by atomic mass is 16.2. The molecule has 5 nitrogen and oxygen atoms in total. The molecule has 1 amide bonds. The molecule has 0 unspecified atom stereocenters. The van der Waals surface area contributed by atoms with Crippen LogP contribution in [0.1, 0.15) is 114 Å². The minimum Gasteiger partial charge on any atom is -0.343 e. The summed E-state index contributed by atoms with van der Waals surface area (Å²) in [7, 11) is 0. The number of likely N-dealkylation sites (tertiary alicyclic amines) is 1. The van der Waals surface area contributed by atoms with Crippen molar-refractivity contribution in [1.29, 1.82) is 0 Å². The quantitative estimate of drug-likeness (QED) is 0.309. The second-order valence-corrected chi connectivity index (χ2v) is 9.14. The second-order valence-electron chi connectivity index (χ2n) is 9.14. The van der Waals surface area contributed by atoms with Crippen molar-refractivity contribution in [2.45, 2.75) is 104 Å². The molecule has 1 aromatic heterocycles. The molecular weight excluding hydrogens is 362 g/mol. The predicted molar refractivity (Wildman–Crippen MR) is 118 cm³/mol. The molecular formula is C24H41N3O2. The average Bonchev–Trinajstić information content (AvgIpc) is 3.20. The second kappa shape index (κ2) is 12.8. The molecule has 29 heavy (non-hydrogen) atoms. The van der Waals surface area contributed by atoms with Crippen LogP contribution in [0.3, 0.4) is 0 Å². The van der Waals surface area contributed by atoms with Crippen molar-refractivity contribution in [3.05, 3.63) is 18.0 Å². The third-order valence-electron chi connectivity index (χ3n) is 6.12. The smallest absolute Gasteiger partial charge is 0.222 e. The van der Waals surface area contributed by atoms with Crippen LogP contribution in [0.5, 0.6) is 0 Å². The van der Waals surface area contributed by atoms with Crippen LogP contribution in [-0.2, 0) is 4.79 Å². The number of ketones is 1. The average molecular weight is 404 g/mol. The normalized spacial score (nSPS) is 15.2. The van der Waals surface area contributed by atoms with Gasteiger partial charge in [0.15, 0.2) is 5.78 Å². The molecule has 0 radical (unpaired) electrons. The van der Waals surface area contributed by atoms with Crippen LogP contribution in [0.2, 0.25) is 0 Å². The lowest BCUT2D eigenvalue weighted by atomic mass is 10.0. The van der Waals surface area contributed by atoms with Gasteiger partial charge in [-0.3, -0.25) is 14.3 Å². The standard InChI is InChI=1S/C24H41N3O2/c1-20(2)12-10-8-6-4-5-7-9-11-13-24(29)26-16-14-23(15-17-26)27-19-22(18-25-27)21(3)28/h18-20,23H,4-17H2,1-3H3. The van der Waals surface area contributed by atoms with Crippen LogP contribution in [0.15, 0.2) is 12.4 Å². The van der Waals surface area contributed by atoms with E-state index in [2.05, 4.69) is 18.9 Å². The van der Waals surface area contributed by atoms with Crippen LogP contribution in [-0.4, -0.2) is 39.5 Å². The number of carbonyl (C=O) groups excluding carboxylic acids is 2. The Morgan fingerprint density at radius 2 is 1.59 bits per heavy atom. The summed E-state index contributed by atoms with van der Waals surface area (Å²) in [5, 5.41) is 4.33. The van der Waals surface area contributed by atoms with Crippen molar-refractivity contribution in [3.8, 4) is 0 Å². The first kappa shape index (κ1) is 23.6. The Morgan fingerprint density at radius 1 is 1.00 bits per heavy atom. The van der Waals surface area contributed by atoms with E-state index in [1.165, 1.54) is 51.4 Å². The summed E-state index contributed by atoms with van der Waals surface area (Å²) < 4.78 is 1.90. The van der Waals surface area contributed by atoms with Gasteiger partial charge in [-0.2, -0.15) is 5.10 Å². The van der Waals surface area contributed by atoms with Crippen molar-refractivity contribution in [2.75, 3.05) is 13.1 Å². The van der Waals surface area contributed by atoms with Gasteiger partial charge in [-0.25, -0.2) is 0 Å². The molecule has 1 aliphatic heterocycles. The number of carbonyl (C=O) groups is 2. The van der Waals surface area contributed by atoms with Gasteiger partial charge in [0.1, 0.15) is 0 Å². The number of hydrogen-bond donors (Lipinski definition) is 0. The Hall–Kier alpha value is -1.65. The van der Waals surface area contributed by atoms with E-state index in [0.717, 1.165) is 38.3 Å². The Bertz CT molecular complexity index is 615. The zero-order valence-corrected chi connectivity index (χ0v) is 18.9. The monoisotopic (exact) mass is 403 g/mol. The van der Waals surface area contributed by atoms with E-state index in [9.17, 15) is 9.59 Å². The minimum absolute atomic E-state index is 0.0509. The summed E-state index contributed by atoms with van der Waals surface area (Å²) in [5.41, 5.74) is 0.666. The summed E-state index contributed by atoms with van der Waals surface area (Å²) in [6.07, 6.45) is 17.6. The fourth-order valence-electron chi connectivity index (χ4n) is 4.15. The molecule has 5 heteroatoms. The molecule has 0 N–H and O–H groups in total. The fourth-order valence-corrected chi connectivity index (χ4v) is 4.15. The van der Waals surface area contributed by atoms with Crippen molar-refractivity contribution in [2.24, 2.45) is 5.92 Å². The van der Waals surface area contributed by atoms with Crippen LogP contribution in [0.25, 0.3) is 0 Å². The number of amides is 1. The maximum atomic E-state index is 12.5. The molecule has 0 spiro atoms. The summed E-state index contributed by atoms with van der Waals surface area (Å²) in [6, 6.07) is 0.299. The van der Waals surface area contributed by atoms with E-state index in [-0.39, 0.29) is 5.78 Å². The number of hydrogen-bond acceptors (Lipinski definition) is 3. The first-order chi connectivity index (χ1) is 14.0. The Kier molecular flexibility index (Phi) is 10.4. The Labute approximate surface area is 177 Å². The van der Waals surface area contributed by atoms with Crippen molar-refractivity contribution in [1.82, 2.24) is 14.7 Å². The number of Topliss-reactive ketones (excluding diaryl/α,β-unsaturated/α-hetero) is 1. The lowest BCUT2D eigenvalue weighted by Gasteiger charge is -2.32. The van der Waals surface area contributed by atoms with Gasteiger partial charge in [-0.05, 0) is 32.1 Å². The van der Waals surface area contributed by atoms with Gasteiger partial charge < -0.3 is 4.90 Å². The highest BCUT2D eigenvalue weighted by molar-refractivity contribution is 5.93. The lowest BCUT2D eigenvalue weighted by molar-refractivity contribution is -0.132. The van der Waals surface area contributed by atoms with Crippen molar-refractivity contribution >= 4 is 11.7 Å². The largest absolute Gasteiger partial charge is 0.343 e. The summed E-state index contributed by atoms with van der Waals surface area (Å²) in [5.74, 6) is 1.19. The Morgan fingerprint density at radius 3 is 2.14 bits per heavy atom. The number of unbranched alkanes of at least 4 members (excludes halogenated alkanes) is 7. The Balaban J connectivity index is 1.51. The van der Waals surface area contributed by atoms with Gasteiger partial charge in [0.05, 0.1) is 17.8 Å². The highest BCUT2D eigenvalue weighted by Crippen LogP contribution is 2.23. The van der Waals surface area contributed by atoms with E-state index in [4.69, 9.17) is 0 Å². The van der Waals surface area contributed by atoms with E-state index >= 15 is 0 Å². The molecule has 0 aliphatic carbocycles. The molecule has 164 valence electrons. The van der Waals surface area contributed by atoms with Crippen molar-refractivity contribution < 1.29 is 9.59 Å². The maximum absolute atomic E-state index is 12.5. The first-order valence-electron chi connectivity index (χ1n) is 11.8. The fraction of sp³-hybridized carbons (Fsp3) is 0.792. The van der Waals surface area contributed by atoms with Gasteiger partial charge >= 0.3 is 0 Å². The van der Waals surface area contributed by atoms with E-state index in [1.54, 1.807) is 13.1 Å². The van der Waals surface area contributed by atoms with Gasteiger partial charge in [0, 0.05) is 25.7 Å². The zero-order valence-electron chi connectivity index (χ0n) is 18.9. The van der Waals surface area contributed by atoms with Crippen LogP contribution in [0.4, 0.5) is 0 Å². The molecule has 0 atom stereocenters. The summed E-state index contributed by atoms with van der Waals surface area (Å²) in [6.45, 7) is 7.77. The van der Waals surface area contributed by atoms with E-state index < -0.39 is 0 Å². The van der Waals surface area contributed by atoms with E-state index in [1.807, 2.05) is 15.8 Å².